The second kappa shape index (κ2) is 5.77. The quantitative estimate of drug-likeness (QED) is 0.594. The molecule has 1 aromatic heterocycles. The zero-order valence-electron chi connectivity index (χ0n) is 9.91. The second-order valence-electron chi connectivity index (χ2n) is 4.02. The van der Waals surface area contributed by atoms with E-state index in [2.05, 4.69) is 44.4 Å². The number of nitrogens with zero attached hydrogens (tertiary/aromatic N) is 3. The Kier molecular flexibility index (Phi) is 4.57. The van der Waals surface area contributed by atoms with Crippen molar-refractivity contribution < 1.29 is 4.74 Å². The summed E-state index contributed by atoms with van der Waals surface area (Å²) in [6.45, 7) is 7.66. The predicted octanol–water partition coefficient (Wildman–Crippen LogP) is 2.44. The maximum atomic E-state index is 6.08. The van der Waals surface area contributed by atoms with Crippen LogP contribution in [-0.2, 0) is 4.74 Å². The minimum atomic E-state index is -0.0584. The molecule has 1 unspecified atom stereocenters. The van der Waals surface area contributed by atoms with Gasteiger partial charge in [0, 0.05) is 13.1 Å². The molecule has 1 aliphatic heterocycles. The van der Waals surface area contributed by atoms with Crippen molar-refractivity contribution >= 4 is 34.2 Å². The topological polar surface area (TPSA) is 38.2 Å². The van der Waals surface area contributed by atoms with Crippen LogP contribution in [0.25, 0.3) is 0 Å². The van der Waals surface area contributed by atoms with Crippen molar-refractivity contribution in [2.75, 3.05) is 26.2 Å². The van der Waals surface area contributed by atoms with Crippen molar-refractivity contribution in [1.82, 2.24) is 14.9 Å². The lowest BCUT2D eigenvalue weighted by Gasteiger charge is -2.31. The van der Waals surface area contributed by atoms with E-state index in [1.165, 1.54) is 0 Å². The summed E-state index contributed by atoms with van der Waals surface area (Å²) in [5, 5.41) is 0.519. The normalized spacial score (nSPS) is 21.8. The Morgan fingerprint density at radius 1 is 1.53 bits per heavy atom. The Balaban J connectivity index is 2.22. The SMILES string of the molecule is CCN1CCOC(c2nc(C)c(I)c(Cl)n2)C1. The van der Waals surface area contributed by atoms with Crippen LogP contribution in [0.15, 0.2) is 0 Å². The smallest absolute Gasteiger partial charge is 0.160 e. The average molecular weight is 368 g/mol. The molecule has 1 atom stereocenters. The summed E-state index contributed by atoms with van der Waals surface area (Å²) in [6, 6.07) is 0. The van der Waals surface area contributed by atoms with Gasteiger partial charge in [-0.25, -0.2) is 9.97 Å². The van der Waals surface area contributed by atoms with Gasteiger partial charge in [0.15, 0.2) is 5.82 Å². The molecule has 1 saturated heterocycles. The molecule has 0 aromatic carbocycles. The number of aromatic nitrogens is 2. The maximum absolute atomic E-state index is 6.08. The van der Waals surface area contributed by atoms with Crippen LogP contribution in [0.2, 0.25) is 5.15 Å². The molecule has 17 heavy (non-hydrogen) atoms. The zero-order chi connectivity index (χ0) is 12.4. The number of halogens is 2. The summed E-state index contributed by atoms with van der Waals surface area (Å²) < 4.78 is 6.63. The Morgan fingerprint density at radius 2 is 2.29 bits per heavy atom. The van der Waals surface area contributed by atoms with Gasteiger partial charge in [-0.3, -0.25) is 4.90 Å². The minimum Gasteiger partial charge on any atom is -0.368 e. The minimum absolute atomic E-state index is 0.0584. The molecular weight excluding hydrogens is 352 g/mol. The third-order valence-electron chi connectivity index (χ3n) is 2.88. The lowest BCUT2D eigenvalue weighted by molar-refractivity contribution is -0.0326. The highest BCUT2D eigenvalue weighted by Crippen LogP contribution is 2.24. The van der Waals surface area contributed by atoms with Gasteiger partial charge in [-0.15, -0.1) is 0 Å². The first-order chi connectivity index (χ1) is 8.11. The summed E-state index contributed by atoms with van der Waals surface area (Å²) in [5.41, 5.74) is 0.915. The number of hydrogen-bond donors (Lipinski definition) is 0. The van der Waals surface area contributed by atoms with E-state index in [1.807, 2.05) is 6.92 Å². The fourth-order valence-electron chi connectivity index (χ4n) is 1.83. The van der Waals surface area contributed by atoms with E-state index < -0.39 is 0 Å². The summed E-state index contributed by atoms with van der Waals surface area (Å²) >= 11 is 8.24. The molecule has 0 bridgehead atoms. The molecule has 2 heterocycles. The van der Waals surface area contributed by atoms with E-state index in [0.717, 1.165) is 35.5 Å². The van der Waals surface area contributed by atoms with E-state index in [0.29, 0.717) is 11.0 Å². The van der Waals surface area contributed by atoms with Gasteiger partial charge in [0.25, 0.3) is 0 Å². The van der Waals surface area contributed by atoms with Gasteiger partial charge >= 0.3 is 0 Å². The fraction of sp³-hybridized carbons (Fsp3) is 0.636. The Labute approximate surface area is 120 Å². The van der Waals surface area contributed by atoms with Crippen LogP contribution in [-0.4, -0.2) is 41.1 Å². The average Bonchev–Trinajstić information content (AvgIpc) is 2.35. The van der Waals surface area contributed by atoms with Crippen molar-refractivity contribution in [3.8, 4) is 0 Å². The summed E-state index contributed by atoms with van der Waals surface area (Å²) in [6.07, 6.45) is -0.0584. The standard InChI is InChI=1S/C11H15ClIN3O/c1-3-16-4-5-17-8(6-16)11-14-7(2)9(13)10(12)15-11/h8H,3-6H2,1-2H3. The molecule has 0 amide bonds. The first-order valence-corrected chi connectivity index (χ1v) is 7.11. The monoisotopic (exact) mass is 367 g/mol. The molecule has 1 aliphatic rings. The third-order valence-corrected chi connectivity index (χ3v) is 4.76. The van der Waals surface area contributed by atoms with Crippen LogP contribution >= 0.6 is 34.2 Å². The molecule has 0 aliphatic carbocycles. The molecule has 0 spiro atoms. The van der Waals surface area contributed by atoms with Crippen molar-refractivity contribution in [2.45, 2.75) is 20.0 Å². The molecule has 6 heteroatoms. The molecule has 2 rings (SSSR count). The lowest BCUT2D eigenvalue weighted by Crippen LogP contribution is -2.38. The van der Waals surface area contributed by atoms with Crippen LogP contribution in [0.3, 0.4) is 0 Å². The third kappa shape index (κ3) is 3.07. The highest BCUT2D eigenvalue weighted by atomic mass is 127. The number of rotatable bonds is 2. The van der Waals surface area contributed by atoms with Crippen molar-refractivity contribution in [3.05, 3.63) is 20.2 Å². The summed E-state index contributed by atoms with van der Waals surface area (Å²) in [4.78, 5) is 11.1. The molecule has 94 valence electrons. The van der Waals surface area contributed by atoms with Gasteiger partial charge < -0.3 is 4.74 Å². The molecule has 0 saturated carbocycles. The molecule has 0 N–H and O–H groups in total. The van der Waals surface area contributed by atoms with Crippen molar-refractivity contribution in [1.29, 1.82) is 0 Å². The van der Waals surface area contributed by atoms with Crippen molar-refractivity contribution in [3.63, 3.8) is 0 Å². The van der Waals surface area contributed by atoms with Gasteiger partial charge in [0.1, 0.15) is 11.3 Å². The van der Waals surface area contributed by atoms with Gasteiger partial charge in [-0.2, -0.15) is 0 Å². The second-order valence-corrected chi connectivity index (χ2v) is 5.46. The van der Waals surface area contributed by atoms with Gasteiger partial charge in [-0.05, 0) is 36.1 Å². The molecule has 4 nitrogen and oxygen atoms in total. The van der Waals surface area contributed by atoms with E-state index in [1.54, 1.807) is 0 Å². The molecular formula is C11H15ClIN3O. The van der Waals surface area contributed by atoms with Crippen LogP contribution in [0.1, 0.15) is 24.5 Å². The van der Waals surface area contributed by atoms with Crippen LogP contribution in [0.5, 0.6) is 0 Å². The predicted molar refractivity (Wildman–Crippen MR) is 75.3 cm³/mol. The number of likely N-dealkylation sites (N-methyl/N-ethyl adjacent to an activating group) is 1. The van der Waals surface area contributed by atoms with E-state index in [9.17, 15) is 0 Å². The van der Waals surface area contributed by atoms with E-state index in [-0.39, 0.29) is 6.10 Å². The molecule has 1 fully saturated rings. The highest BCUT2D eigenvalue weighted by molar-refractivity contribution is 14.1. The fourth-order valence-corrected chi connectivity index (χ4v) is 2.30. The largest absolute Gasteiger partial charge is 0.368 e. The number of hydrogen-bond acceptors (Lipinski definition) is 4. The maximum Gasteiger partial charge on any atom is 0.160 e. The van der Waals surface area contributed by atoms with Gasteiger partial charge in [0.05, 0.1) is 15.9 Å². The Bertz CT molecular complexity index is 393. The number of ether oxygens (including phenoxy) is 1. The summed E-state index contributed by atoms with van der Waals surface area (Å²) in [7, 11) is 0. The van der Waals surface area contributed by atoms with Crippen molar-refractivity contribution in [2.24, 2.45) is 0 Å². The van der Waals surface area contributed by atoms with Crippen LogP contribution < -0.4 is 0 Å². The molecule has 1 aromatic rings. The van der Waals surface area contributed by atoms with Crippen LogP contribution in [0, 0.1) is 10.5 Å². The van der Waals surface area contributed by atoms with Crippen LogP contribution in [0.4, 0.5) is 0 Å². The number of morpholine rings is 1. The summed E-state index contributed by atoms with van der Waals surface area (Å²) in [5.74, 6) is 0.700. The molecule has 0 radical (unpaired) electrons. The first kappa shape index (κ1) is 13.5. The zero-order valence-corrected chi connectivity index (χ0v) is 12.8. The highest BCUT2D eigenvalue weighted by Gasteiger charge is 2.24. The number of aryl methyl sites for hydroxylation is 1. The lowest BCUT2D eigenvalue weighted by atomic mass is 10.2. The van der Waals surface area contributed by atoms with E-state index >= 15 is 0 Å². The Hall–Kier alpha value is 0.0200. The van der Waals surface area contributed by atoms with Gasteiger partial charge in [-0.1, -0.05) is 18.5 Å². The Morgan fingerprint density at radius 3 is 2.94 bits per heavy atom. The first-order valence-electron chi connectivity index (χ1n) is 5.65. The van der Waals surface area contributed by atoms with E-state index in [4.69, 9.17) is 16.3 Å². The van der Waals surface area contributed by atoms with Gasteiger partial charge in [0.2, 0.25) is 0 Å².